The maximum atomic E-state index is 13.7. The number of hydrogen-bond donors (Lipinski definition) is 1. The first kappa shape index (κ1) is 28.3. The molecule has 0 bridgehead atoms. The third-order valence-electron chi connectivity index (χ3n) is 5.91. The number of thioether (sulfide) groups is 1. The minimum Gasteiger partial charge on any atom is -0.352 e. The summed E-state index contributed by atoms with van der Waals surface area (Å²) in [6.45, 7) is 4.38. The van der Waals surface area contributed by atoms with Gasteiger partial charge < -0.3 is 10.2 Å². The van der Waals surface area contributed by atoms with Crippen LogP contribution in [-0.4, -0.2) is 34.6 Å². The zero-order chi connectivity index (χ0) is 25.9. The van der Waals surface area contributed by atoms with Gasteiger partial charge in [0.15, 0.2) is 0 Å². The molecule has 36 heavy (non-hydrogen) atoms. The molecule has 3 aromatic rings. The maximum absolute atomic E-state index is 13.7. The largest absolute Gasteiger partial charge is 0.352 e. The van der Waals surface area contributed by atoms with Gasteiger partial charge in [0.2, 0.25) is 11.8 Å². The fourth-order valence-corrected chi connectivity index (χ4v) is 5.17. The van der Waals surface area contributed by atoms with Crippen LogP contribution in [0.25, 0.3) is 0 Å². The van der Waals surface area contributed by atoms with Crippen LogP contribution >= 0.6 is 39.3 Å². The van der Waals surface area contributed by atoms with Crippen molar-refractivity contribution in [2.45, 2.75) is 56.6 Å². The fourth-order valence-electron chi connectivity index (χ4n) is 3.76. The van der Waals surface area contributed by atoms with Crippen molar-refractivity contribution in [3.05, 3.63) is 99.5 Å². The van der Waals surface area contributed by atoms with Crippen LogP contribution in [0.1, 0.15) is 37.8 Å². The molecule has 2 amide bonds. The third kappa shape index (κ3) is 8.99. The van der Waals surface area contributed by atoms with E-state index in [9.17, 15) is 9.59 Å². The summed E-state index contributed by atoms with van der Waals surface area (Å²) in [7, 11) is 0. The Morgan fingerprint density at radius 2 is 1.69 bits per heavy atom. The highest BCUT2D eigenvalue weighted by molar-refractivity contribution is 9.10. The van der Waals surface area contributed by atoms with Gasteiger partial charge in [-0.3, -0.25) is 9.59 Å². The van der Waals surface area contributed by atoms with Crippen LogP contribution in [0.15, 0.2) is 88.2 Å². The lowest BCUT2D eigenvalue weighted by molar-refractivity contribution is -0.141. The average Bonchev–Trinajstić information content (AvgIpc) is 2.87. The van der Waals surface area contributed by atoms with Gasteiger partial charge in [0, 0.05) is 45.6 Å². The predicted octanol–water partition coefficient (Wildman–Crippen LogP) is 7.14. The molecule has 0 saturated carbocycles. The van der Waals surface area contributed by atoms with E-state index in [1.54, 1.807) is 16.7 Å². The van der Waals surface area contributed by atoms with Crippen LogP contribution < -0.4 is 5.32 Å². The molecule has 0 saturated heterocycles. The van der Waals surface area contributed by atoms with Gasteiger partial charge >= 0.3 is 0 Å². The van der Waals surface area contributed by atoms with Gasteiger partial charge in [-0.25, -0.2) is 0 Å². The minimum absolute atomic E-state index is 0.0269. The van der Waals surface area contributed by atoms with E-state index in [2.05, 4.69) is 21.2 Å². The molecule has 0 aromatic heterocycles. The quantitative estimate of drug-likeness (QED) is 0.229. The summed E-state index contributed by atoms with van der Waals surface area (Å²) < 4.78 is 0.939. The molecule has 4 nitrogen and oxygen atoms in total. The molecule has 1 N–H and O–H groups in total. The summed E-state index contributed by atoms with van der Waals surface area (Å²) in [4.78, 5) is 30.0. The highest BCUT2D eigenvalue weighted by Gasteiger charge is 2.30. The number of hydrogen-bond acceptors (Lipinski definition) is 3. The van der Waals surface area contributed by atoms with Gasteiger partial charge in [-0.05, 0) is 60.9 Å². The van der Waals surface area contributed by atoms with Crippen molar-refractivity contribution in [1.82, 2.24) is 10.2 Å². The standard InChI is InChI=1S/C29H32BrClN2O2S/c1-3-21(2)32-29(35)27(19-22-8-5-4-6-9-22)33(20-23-10-7-11-24(30)18-23)28(34)16-17-36-26-14-12-25(31)13-15-26/h4-15,18,21,27H,3,16-17,19-20H2,1-2H3,(H,32,35)/t21-,27+/m1/s1. The molecule has 0 spiro atoms. The lowest BCUT2D eigenvalue weighted by Gasteiger charge is -2.32. The number of benzene rings is 3. The molecule has 0 aliphatic heterocycles. The summed E-state index contributed by atoms with van der Waals surface area (Å²) in [5.41, 5.74) is 1.99. The Hall–Kier alpha value is -2.28. The topological polar surface area (TPSA) is 49.4 Å². The molecule has 2 atom stereocenters. The van der Waals surface area contributed by atoms with Crippen LogP contribution in [-0.2, 0) is 22.6 Å². The van der Waals surface area contributed by atoms with E-state index >= 15 is 0 Å². The Balaban J connectivity index is 1.85. The predicted molar refractivity (Wildman–Crippen MR) is 153 cm³/mol. The van der Waals surface area contributed by atoms with Crippen molar-refractivity contribution < 1.29 is 9.59 Å². The normalized spacial score (nSPS) is 12.6. The summed E-state index contributed by atoms with van der Waals surface area (Å²) in [6.07, 6.45) is 1.59. The summed E-state index contributed by atoms with van der Waals surface area (Å²) >= 11 is 11.1. The van der Waals surface area contributed by atoms with E-state index in [4.69, 9.17) is 11.6 Å². The van der Waals surface area contributed by atoms with E-state index < -0.39 is 6.04 Å². The molecule has 0 fully saturated rings. The highest BCUT2D eigenvalue weighted by atomic mass is 79.9. The highest BCUT2D eigenvalue weighted by Crippen LogP contribution is 2.23. The smallest absolute Gasteiger partial charge is 0.243 e. The van der Waals surface area contributed by atoms with Gasteiger partial charge in [-0.2, -0.15) is 0 Å². The fraction of sp³-hybridized carbons (Fsp3) is 0.310. The molecule has 0 aliphatic carbocycles. The molecule has 3 rings (SSSR count). The van der Waals surface area contributed by atoms with Gasteiger partial charge in [0.05, 0.1) is 0 Å². The molecule has 0 radical (unpaired) electrons. The SMILES string of the molecule is CC[C@@H](C)NC(=O)[C@H](Cc1ccccc1)N(Cc1cccc(Br)c1)C(=O)CCSc1ccc(Cl)cc1. The second kappa shape index (κ2) is 14.5. The van der Waals surface area contributed by atoms with E-state index in [1.165, 1.54) is 0 Å². The Kier molecular flexibility index (Phi) is 11.4. The third-order valence-corrected chi connectivity index (χ3v) is 7.67. The number of amides is 2. The van der Waals surface area contributed by atoms with Gasteiger partial charge in [-0.1, -0.05) is 76.9 Å². The van der Waals surface area contributed by atoms with Crippen molar-refractivity contribution in [2.24, 2.45) is 0 Å². The number of nitrogens with one attached hydrogen (secondary N) is 1. The van der Waals surface area contributed by atoms with E-state index in [0.29, 0.717) is 30.2 Å². The molecular formula is C29H32BrClN2O2S. The molecule has 7 heteroatoms. The first-order chi connectivity index (χ1) is 17.4. The van der Waals surface area contributed by atoms with Gasteiger partial charge in [-0.15, -0.1) is 11.8 Å². The Labute approximate surface area is 231 Å². The summed E-state index contributed by atoms with van der Waals surface area (Å²) in [5, 5.41) is 3.80. The average molecular weight is 588 g/mol. The van der Waals surface area contributed by atoms with Crippen LogP contribution in [0.5, 0.6) is 0 Å². The second-order valence-electron chi connectivity index (χ2n) is 8.73. The number of nitrogens with zero attached hydrogens (tertiary/aromatic N) is 1. The van der Waals surface area contributed by atoms with E-state index in [0.717, 1.165) is 26.9 Å². The lowest BCUT2D eigenvalue weighted by atomic mass is 10.0. The zero-order valence-electron chi connectivity index (χ0n) is 20.6. The number of carbonyl (C=O) groups excluding carboxylic acids is 2. The number of halogens is 2. The van der Waals surface area contributed by atoms with Crippen molar-refractivity contribution in [1.29, 1.82) is 0 Å². The van der Waals surface area contributed by atoms with Gasteiger partial charge in [0.1, 0.15) is 6.04 Å². The number of rotatable bonds is 12. The van der Waals surface area contributed by atoms with Crippen molar-refractivity contribution in [2.75, 3.05) is 5.75 Å². The van der Waals surface area contributed by atoms with Crippen LogP contribution in [0.3, 0.4) is 0 Å². The minimum atomic E-state index is -0.617. The summed E-state index contributed by atoms with van der Waals surface area (Å²) in [6, 6.07) is 24.8. The molecule has 0 heterocycles. The Morgan fingerprint density at radius 3 is 2.36 bits per heavy atom. The Bertz CT molecular complexity index is 1130. The van der Waals surface area contributed by atoms with E-state index in [1.807, 2.05) is 92.7 Å². The molecule has 190 valence electrons. The van der Waals surface area contributed by atoms with Crippen LogP contribution in [0.4, 0.5) is 0 Å². The van der Waals surface area contributed by atoms with Crippen molar-refractivity contribution in [3.63, 3.8) is 0 Å². The lowest BCUT2D eigenvalue weighted by Crippen LogP contribution is -2.52. The summed E-state index contributed by atoms with van der Waals surface area (Å²) in [5.74, 6) is 0.444. The molecular weight excluding hydrogens is 556 g/mol. The zero-order valence-corrected chi connectivity index (χ0v) is 23.8. The van der Waals surface area contributed by atoms with Crippen LogP contribution in [0, 0.1) is 0 Å². The van der Waals surface area contributed by atoms with Crippen molar-refractivity contribution >= 4 is 51.1 Å². The maximum Gasteiger partial charge on any atom is 0.243 e. The molecule has 0 unspecified atom stereocenters. The Morgan fingerprint density at radius 1 is 1.00 bits per heavy atom. The van der Waals surface area contributed by atoms with Gasteiger partial charge in [0.25, 0.3) is 0 Å². The first-order valence-electron chi connectivity index (χ1n) is 12.1. The molecule has 0 aliphatic rings. The number of carbonyl (C=O) groups is 2. The van der Waals surface area contributed by atoms with Crippen molar-refractivity contribution in [3.8, 4) is 0 Å². The second-order valence-corrected chi connectivity index (χ2v) is 11.2. The van der Waals surface area contributed by atoms with E-state index in [-0.39, 0.29) is 17.9 Å². The molecule has 3 aromatic carbocycles. The first-order valence-corrected chi connectivity index (χ1v) is 14.3. The van der Waals surface area contributed by atoms with Crippen LogP contribution in [0.2, 0.25) is 5.02 Å². The monoisotopic (exact) mass is 586 g/mol.